The van der Waals surface area contributed by atoms with Gasteiger partial charge in [-0.2, -0.15) is 0 Å². The molecule has 2 saturated heterocycles. The zero-order chi connectivity index (χ0) is 15.0. The Balaban J connectivity index is 1.93. The molecule has 2 atom stereocenters. The number of fused-ring (bicyclic) bond motifs is 2. The molecule has 2 aliphatic heterocycles. The molecule has 0 aromatic carbocycles. The minimum Gasteiger partial charge on any atom is -0.305 e. The molecule has 21 heavy (non-hydrogen) atoms. The summed E-state index contributed by atoms with van der Waals surface area (Å²) in [6.07, 6.45) is 7.44. The second kappa shape index (κ2) is 5.98. The number of aromatic nitrogens is 1. The Hall–Kier alpha value is -0.450. The lowest BCUT2D eigenvalue weighted by Crippen LogP contribution is -2.54. The summed E-state index contributed by atoms with van der Waals surface area (Å²) in [6, 6.07) is 1.48. The molecule has 3 rings (SSSR count). The van der Waals surface area contributed by atoms with Crippen molar-refractivity contribution >= 4 is 11.3 Å². The number of nitrogens with one attached hydrogen (secondary N) is 1. The van der Waals surface area contributed by atoms with Crippen LogP contribution in [-0.4, -0.2) is 35.6 Å². The SMILES string of the molecule is CCCNC1(c2nc(CC)c(C)s2)CC2CCC(C1)N2C. The van der Waals surface area contributed by atoms with Crippen molar-refractivity contribution in [3.63, 3.8) is 0 Å². The van der Waals surface area contributed by atoms with E-state index in [9.17, 15) is 0 Å². The average molecular weight is 308 g/mol. The van der Waals surface area contributed by atoms with Crippen LogP contribution in [0, 0.1) is 6.92 Å². The predicted octanol–water partition coefficient (Wildman–Crippen LogP) is 3.47. The summed E-state index contributed by atoms with van der Waals surface area (Å²) in [5, 5.41) is 5.27. The van der Waals surface area contributed by atoms with E-state index in [4.69, 9.17) is 4.98 Å². The van der Waals surface area contributed by atoms with Gasteiger partial charge in [-0.05, 0) is 59.0 Å². The highest BCUT2D eigenvalue weighted by molar-refractivity contribution is 7.11. The van der Waals surface area contributed by atoms with Crippen LogP contribution in [0.3, 0.4) is 0 Å². The lowest BCUT2D eigenvalue weighted by Gasteiger charge is -2.45. The Bertz CT molecular complexity index is 482. The van der Waals surface area contributed by atoms with Crippen molar-refractivity contribution in [3.05, 3.63) is 15.6 Å². The molecule has 4 heteroatoms. The molecular formula is C17H29N3S. The second-order valence-corrected chi connectivity index (χ2v) is 8.05. The number of thiazole rings is 1. The van der Waals surface area contributed by atoms with Crippen LogP contribution in [0.5, 0.6) is 0 Å². The highest BCUT2D eigenvalue weighted by Crippen LogP contribution is 2.46. The fourth-order valence-corrected chi connectivity index (χ4v) is 5.38. The van der Waals surface area contributed by atoms with Crippen molar-refractivity contribution in [1.82, 2.24) is 15.2 Å². The van der Waals surface area contributed by atoms with E-state index in [-0.39, 0.29) is 5.54 Å². The molecule has 2 bridgehead atoms. The first-order chi connectivity index (χ1) is 10.1. The molecule has 2 fully saturated rings. The van der Waals surface area contributed by atoms with E-state index in [2.05, 4.69) is 38.0 Å². The van der Waals surface area contributed by atoms with Gasteiger partial charge in [0.15, 0.2) is 0 Å². The van der Waals surface area contributed by atoms with E-state index in [0.717, 1.165) is 25.0 Å². The van der Waals surface area contributed by atoms with Gasteiger partial charge >= 0.3 is 0 Å². The first kappa shape index (κ1) is 15.4. The van der Waals surface area contributed by atoms with Gasteiger partial charge in [-0.3, -0.25) is 0 Å². The summed E-state index contributed by atoms with van der Waals surface area (Å²) in [6.45, 7) is 7.81. The minimum absolute atomic E-state index is 0.136. The number of hydrogen-bond donors (Lipinski definition) is 1. The van der Waals surface area contributed by atoms with Crippen molar-refractivity contribution in [3.8, 4) is 0 Å². The van der Waals surface area contributed by atoms with Crippen LogP contribution in [0.15, 0.2) is 0 Å². The molecule has 2 unspecified atom stereocenters. The van der Waals surface area contributed by atoms with Crippen LogP contribution >= 0.6 is 11.3 Å². The maximum atomic E-state index is 5.04. The van der Waals surface area contributed by atoms with Crippen LogP contribution in [-0.2, 0) is 12.0 Å². The van der Waals surface area contributed by atoms with Crippen molar-refractivity contribution in [2.24, 2.45) is 0 Å². The van der Waals surface area contributed by atoms with Crippen molar-refractivity contribution in [2.45, 2.75) is 76.9 Å². The topological polar surface area (TPSA) is 28.2 Å². The van der Waals surface area contributed by atoms with Crippen molar-refractivity contribution in [1.29, 1.82) is 0 Å². The predicted molar refractivity (Wildman–Crippen MR) is 90.0 cm³/mol. The van der Waals surface area contributed by atoms with E-state index in [0.29, 0.717) is 0 Å². The largest absolute Gasteiger partial charge is 0.305 e. The third kappa shape index (κ3) is 2.66. The Morgan fingerprint density at radius 1 is 1.29 bits per heavy atom. The van der Waals surface area contributed by atoms with E-state index in [1.165, 1.54) is 47.7 Å². The maximum absolute atomic E-state index is 5.04. The molecule has 1 aromatic rings. The fourth-order valence-electron chi connectivity index (χ4n) is 4.19. The zero-order valence-corrected chi connectivity index (χ0v) is 14.7. The molecule has 0 amide bonds. The zero-order valence-electron chi connectivity index (χ0n) is 13.9. The average Bonchev–Trinajstić information content (AvgIpc) is 2.94. The number of nitrogens with zero attached hydrogens (tertiary/aromatic N) is 2. The lowest BCUT2D eigenvalue weighted by molar-refractivity contribution is 0.0887. The Morgan fingerprint density at radius 3 is 2.48 bits per heavy atom. The van der Waals surface area contributed by atoms with Gasteiger partial charge in [0.25, 0.3) is 0 Å². The molecule has 1 aromatic heterocycles. The first-order valence-electron chi connectivity index (χ1n) is 8.53. The molecule has 1 N–H and O–H groups in total. The summed E-state index contributed by atoms with van der Waals surface area (Å²) in [5.41, 5.74) is 1.44. The second-order valence-electron chi connectivity index (χ2n) is 6.84. The van der Waals surface area contributed by atoms with Crippen molar-refractivity contribution in [2.75, 3.05) is 13.6 Å². The van der Waals surface area contributed by atoms with Gasteiger partial charge in [0.05, 0.1) is 11.2 Å². The van der Waals surface area contributed by atoms with Gasteiger partial charge in [-0.25, -0.2) is 4.98 Å². The van der Waals surface area contributed by atoms with Crippen LogP contribution in [0.25, 0.3) is 0 Å². The number of aryl methyl sites for hydroxylation is 2. The molecule has 118 valence electrons. The quantitative estimate of drug-likeness (QED) is 0.903. The standard InChI is InChI=1S/C17H29N3S/c1-5-9-18-17(16-19-15(6-2)12(3)21-16)10-13-7-8-14(11-17)20(13)4/h13-14,18H,5-11H2,1-4H3. The van der Waals surface area contributed by atoms with Crippen LogP contribution in [0.4, 0.5) is 0 Å². The first-order valence-corrected chi connectivity index (χ1v) is 9.35. The Morgan fingerprint density at radius 2 is 1.95 bits per heavy atom. The number of hydrogen-bond acceptors (Lipinski definition) is 4. The number of rotatable bonds is 5. The van der Waals surface area contributed by atoms with Gasteiger partial charge in [-0.15, -0.1) is 11.3 Å². The summed E-state index contributed by atoms with van der Waals surface area (Å²) in [7, 11) is 2.32. The molecular weight excluding hydrogens is 278 g/mol. The normalized spacial score (nSPS) is 32.8. The van der Waals surface area contributed by atoms with E-state index in [1.54, 1.807) is 0 Å². The van der Waals surface area contributed by atoms with E-state index in [1.807, 2.05) is 11.3 Å². The van der Waals surface area contributed by atoms with Gasteiger partial charge in [0.1, 0.15) is 5.01 Å². The summed E-state index contributed by atoms with van der Waals surface area (Å²) in [5.74, 6) is 0. The van der Waals surface area contributed by atoms with E-state index < -0.39 is 0 Å². The monoisotopic (exact) mass is 307 g/mol. The van der Waals surface area contributed by atoms with Gasteiger partial charge < -0.3 is 10.2 Å². The molecule has 0 aliphatic carbocycles. The molecule has 0 saturated carbocycles. The highest BCUT2D eigenvalue weighted by Gasteiger charge is 2.49. The highest BCUT2D eigenvalue weighted by atomic mass is 32.1. The fraction of sp³-hybridized carbons (Fsp3) is 0.824. The van der Waals surface area contributed by atoms with Crippen LogP contribution in [0.1, 0.15) is 61.5 Å². The molecule has 3 heterocycles. The lowest BCUT2D eigenvalue weighted by atomic mass is 9.83. The third-order valence-corrected chi connectivity index (χ3v) is 6.72. The number of piperidine rings is 1. The summed E-state index contributed by atoms with van der Waals surface area (Å²) in [4.78, 5) is 9.07. The smallest absolute Gasteiger partial charge is 0.113 e. The molecule has 0 radical (unpaired) electrons. The third-order valence-electron chi connectivity index (χ3n) is 5.50. The van der Waals surface area contributed by atoms with Crippen LogP contribution < -0.4 is 5.32 Å². The van der Waals surface area contributed by atoms with Crippen molar-refractivity contribution < 1.29 is 0 Å². The van der Waals surface area contributed by atoms with Gasteiger partial charge in [0, 0.05) is 17.0 Å². The minimum atomic E-state index is 0.136. The van der Waals surface area contributed by atoms with Gasteiger partial charge in [-0.1, -0.05) is 13.8 Å². The molecule has 3 nitrogen and oxygen atoms in total. The summed E-state index contributed by atoms with van der Waals surface area (Å²) < 4.78 is 0. The van der Waals surface area contributed by atoms with Gasteiger partial charge in [0.2, 0.25) is 0 Å². The summed E-state index contributed by atoms with van der Waals surface area (Å²) >= 11 is 1.94. The Kier molecular flexibility index (Phi) is 4.40. The maximum Gasteiger partial charge on any atom is 0.113 e. The molecule has 2 aliphatic rings. The molecule has 0 spiro atoms. The van der Waals surface area contributed by atoms with E-state index >= 15 is 0 Å². The Labute approximate surface area is 133 Å². The van der Waals surface area contributed by atoms with Crippen LogP contribution in [0.2, 0.25) is 0 Å².